The third kappa shape index (κ3) is 2.25. The van der Waals surface area contributed by atoms with Crippen LogP contribution in [0.2, 0.25) is 0 Å². The van der Waals surface area contributed by atoms with E-state index in [1.54, 1.807) is 0 Å². The molecule has 0 bridgehead atoms. The van der Waals surface area contributed by atoms with Crippen molar-refractivity contribution in [2.45, 2.75) is 0 Å². The van der Waals surface area contributed by atoms with E-state index >= 15 is 0 Å². The lowest BCUT2D eigenvalue weighted by Gasteiger charge is -2.25. The van der Waals surface area contributed by atoms with Crippen molar-refractivity contribution in [3.05, 3.63) is 28.1 Å². The molecule has 2 amide bonds. The monoisotopic (exact) mass is 238 g/mol. The number of carbonyl (C=O) groups excluding carboxylic acids is 2. The molecule has 0 aromatic carbocycles. The summed E-state index contributed by atoms with van der Waals surface area (Å²) in [4.78, 5) is 36.7. The van der Waals surface area contributed by atoms with Crippen molar-refractivity contribution in [2.24, 2.45) is 0 Å². The number of piperazine rings is 1. The molecule has 0 atom stereocenters. The van der Waals surface area contributed by atoms with E-state index in [4.69, 9.17) is 0 Å². The Morgan fingerprint density at radius 1 is 1.53 bits per heavy atom. The Kier molecular flexibility index (Phi) is 2.77. The average Bonchev–Trinajstić information content (AvgIpc) is 2.77. The second-order valence-corrected chi connectivity index (χ2v) is 3.61. The first-order chi connectivity index (χ1) is 8.08. The Labute approximate surface area is 95.7 Å². The van der Waals surface area contributed by atoms with Crippen LogP contribution in [0.15, 0.2) is 12.3 Å². The lowest BCUT2D eigenvalue weighted by Crippen LogP contribution is -2.50. The maximum atomic E-state index is 11.9. The number of nitrogens with zero attached hydrogens (tertiary/aromatic N) is 2. The third-order valence-corrected chi connectivity index (χ3v) is 2.43. The molecule has 1 aliphatic heterocycles. The van der Waals surface area contributed by atoms with Gasteiger partial charge in [0.25, 0.3) is 11.6 Å². The van der Waals surface area contributed by atoms with Crippen LogP contribution >= 0.6 is 0 Å². The van der Waals surface area contributed by atoms with E-state index in [0.717, 1.165) is 12.3 Å². The molecule has 2 rings (SSSR count). The summed E-state index contributed by atoms with van der Waals surface area (Å²) >= 11 is 0. The number of nitro groups is 1. The standard InChI is InChI=1S/C9H10N4O4/c14-8-5-12(2-1-10-8)9(15)7-3-6(4-11-7)13(16)17/h3-4,11H,1-2,5H2,(H,10,14). The zero-order valence-electron chi connectivity index (χ0n) is 8.80. The quantitative estimate of drug-likeness (QED) is 0.534. The number of aromatic nitrogens is 1. The molecule has 0 saturated carbocycles. The van der Waals surface area contributed by atoms with Crippen molar-refractivity contribution in [2.75, 3.05) is 19.6 Å². The molecule has 2 heterocycles. The lowest BCUT2D eigenvalue weighted by atomic mass is 10.3. The highest BCUT2D eigenvalue weighted by Gasteiger charge is 2.24. The van der Waals surface area contributed by atoms with Crippen LogP contribution in [0, 0.1) is 10.1 Å². The van der Waals surface area contributed by atoms with Gasteiger partial charge in [-0.1, -0.05) is 0 Å². The maximum Gasteiger partial charge on any atom is 0.287 e. The van der Waals surface area contributed by atoms with E-state index in [2.05, 4.69) is 10.3 Å². The minimum Gasteiger partial charge on any atom is -0.353 e. The second-order valence-electron chi connectivity index (χ2n) is 3.61. The van der Waals surface area contributed by atoms with E-state index < -0.39 is 10.8 Å². The Bertz CT molecular complexity index is 481. The van der Waals surface area contributed by atoms with Gasteiger partial charge in [0, 0.05) is 19.2 Å². The number of hydrogen-bond acceptors (Lipinski definition) is 4. The highest BCUT2D eigenvalue weighted by molar-refractivity contribution is 5.96. The number of carbonyl (C=O) groups is 2. The Morgan fingerprint density at radius 2 is 2.29 bits per heavy atom. The lowest BCUT2D eigenvalue weighted by molar-refractivity contribution is -0.384. The number of hydrogen-bond donors (Lipinski definition) is 2. The molecule has 1 fully saturated rings. The van der Waals surface area contributed by atoms with Crippen molar-refractivity contribution >= 4 is 17.5 Å². The molecule has 0 radical (unpaired) electrons. The van der Waals surface area contributed by atoms with Gasteiger partial charge in [-0.05, 0) is 0 Å². The van der Waals surface area contributed by atoms with Gasteiger partial charge in [-0.25, -0.2) is 0 Å². The molecule has 8 nitrogen and oxygen atoms in total. The first kappa shape index (κ1) is 11.1. The summed E-state index contributed by atoms with van der Waals surface area (Å²) in [6.45, 7) is 0.774. The molecule has 17 heavy (non-hydrogen) atoms. The summed E-state index contributed by atoms with van der Waals surface area (Å²) in [6.07, 6.45) is 1.15. The van der Waals surface area contributed by atoms with Gasteiger partial charge >= 0.3 is 0 Å². The minimum absolute atomic E-state index is 0.0222. The topological polar surface area (TPSA) is 108 Å². The average molecular weight is 238 g/mol. The van der Waals surface area contributed by atoms with Crippen LogP contribution < -0.4 is 5.32 Å². The molecule has 1 aromatic heterocycles. The minimum atomic E-state index is -0.587. The Hall–Kier alpha value is -2.38. The van der Waals surface area contributed by atoms with Crippen LogP contribution in [0.25, 0.3) is 0 Å². The third-order valence-electron chi connectivity index (χ3n) is 2.43. The molecule has 0 unspecified atom stereocenters. The fourth-order valence-corrected chi connectivity index (χ4v) is 1.59. The van der Waals surface area contributed by atoms with Gasteiger partial charge < -0.3 is 15.2 Å². The van der Waals surface area contributed by atoms with Crippen LogP contribution in [0.3, 0.4) is 0 Å². The second kappa shape index (κ2) is 4.24. The number of H-pyrrole nitrogens is 1. The smallest absolute Gasteiger partial charge is 0.287 e. The maximum absolute atomic E-state index is 11.9. The number of amides is 2. The van der Waals surface area contributed by atoms with Gasteiger partial charge in [-0.3, -0.25) is 19.7 Å². The van der Waals surface area contributed by atoms with Crippen molar-refractivity contribution in [1.82, 2.24) is 15.2 Å². The molecule has 2 N–H and O–H groups in total. The van der Waals surface area contributed by atoms with E-state index in [9.17, 15) is 19.7 Å². The fraction of sp³-hybridized carbons (Fsp3) is 0.333. The van der Waals surface area contributed by atoms with Crippen molar-refractivity contribution in [3.63, 3.8) is 0 Å². The Balaban J connectivity index is 2.13. The normalized spacial score (nSPS) is 15.5. The van der Waals surface area contributed by atoms with Crippen LogP contribution in [0.1, 0.15) is 10.5 Å². The molecule has 1 aliphatic rings. The number of nitrogens with one attached hydrogen (secondary N) is 2. The van der Waals surface area contributed by atoms with E-state index in [1.807, 2.05) is 0 Å². The molecule has 8 heteroatoms. The summed E-state index contributed by atoms with van der Waals surface area (Å²) in [5.41, 5.74) is -0.0544. The molecular formula is C9H10N4O4. The summed E-state index contributed by atoms with van der Waals surface area (Å²) in [7, 11) is 0. The number of rotatable bonds is 2. The van der Waals surface area contributed by atoms with Crippen LogP contribution in [-0.4, -0.2) is 46.3 Å². The van der Waals surface area contributed by atoms with E-state index in [1.165, 1.54) is 4.90 Å². The van der Waals surface area contributed by atoms with Gasteiger partial charge in [0.1, 0.15) is 5.69 Å². The van der Waals surface area contributed by atoms with Gasteiger partial charge in [-0.15, -0.1) is 0 Å². The summed E-state index contributed by atoms with van der Waals surface area (Å²) < 4.78 is 0. The van der Waals surface area contributed by atoms with Crippen molar-refractivity contribution < 1.29 is 14.5 Å². The highest BCUT2D eigenvalue weighted by atomic mass is 16.6. The van der Waals surface area contributed by atoms with Gasteiger partial charge in [-0.2, -0.15) is 0 Å². The predicted molar refractivity (Wildman–Crippen MR) is 56.4 cm³/mol. The molecule has 1 aromatic rings. The highest BCUT2D eigenvalue weighted by Crippen LogP contribution is 2.14. The first-order valence-corrected chi connectivity index (χ1v) is 4.96. The van der Waals surface area contributed by atoms with Gasteiger partial charge in [0.15, 0.2) is 0 Å². The van der Waals surface area contributed by atoms with Gasteiger partial charge in [0.2, 0.25) is 5.91 Å². The first-order valence-electron chi connectivity index (χ1n) is 4.96. The SMILES string of the molecule is O=C1CN(C(=O)c2cc([N+](=O)[O-])c[nH]2)CCN1. The van der Waals surface area contributed by atoms with Gasteiger partial charge in [0.05, 0.1) is 17.7 Å². The fourth-order valence-electron chi connectivity index (χ4n) is 1.59. The molecule has 0 aliphatic carbocycles. The van der Waals surface area contributed by atoms with Crippen LogP contribution in [-0.2, 0) is 4.79 Å². The molecular weight excluding hydrogens is 228 g/mol. The van der Waals surface area contributed by atoms with Crippen LogP contribution in [0.5, 0.6) is 0 Å². The van der Waals surface area contributed by atoms with E-state index in [0.29, 0.717) is 13.1 Å². The largest absolute Gasteiger partial charge is 0.353 e. The van der Waals surface area contributed by atoms with Crippen molar-refractivity contribution in [3.8, 4) is 0 Å². The molecule has 1 saturated heterocycles. The predicted octanol–water partition coefficient (Wildman–Crippen LogP) is -0.505. The van der Waals surface area contributed by atoms with Crippen molar-refractivity contribution in [1.29, 1.82) is 0 Å². The molecule has 90 valence electrons. The van der Waals surface area contributed by atoms with Crippen LogP contribution in [0.4, 0.5) is 5.69 Å². The Morgan fingerprint density at radius 3 is 2.88 bits per heavy atom. The summed E-state index contributed by atoms with van der Waals surface area (Å²) in [6, 6.07) is 1.16. The zero-order valence-corrected chi connectivity index (χ0v) is 8.80. The molecule has 0 spiro atoms. The zero-order chi connectivity index (χ0) is 12.4. The summed E-state index contributed by atoms with van der Waals surface area (Å²) in [5.74, 6) is -0.640. The number of aromatic amines is 1. The van der Waals surface area contributed by atoms with E-state index in [-0.39, 0.29) is 23.8 Å². The summed E-state index contributed by atoms with van der Waals surface area (Å²) in [5, 5.41) is 13.1.